The molecule has 51 heavy (non-hydrogen) atoms. The second kappa shape index (κ2) is 39.3. The van der Waals surface area contributed by atoms with Crippen LogP contribution in [0, 0.1) is 0 Å². The minimum absolute atomic E-state index is 0.0936. The van der Waals surface area contributed by atoms with Crippen molar-refractivity contribution >= 4 is 17.8 Å². The Morgan fingerprint density at radius 3 is 1.43 bits per heavy atom. The molecule has 0 aromatic heterocycles. The quantitative estimate of drug-likeness (QED) is 0.0329. The number of carbonyl (C=O) groups excluding carboxylic acids is 2. The lowest BCUT2D eigenvalue weighted by atomic mass is 10.0. The van der Waals surface area contributed by atoms with E-state index in [0.717, 1.165) is 51.4 Å². The molecule has 0 heterocycles. The molecule has 7 nitrogen and oxygen atoms in total. The standard InChI is InChI=1S/C44H84N2O5/c1-3-5-7-8-9-10-11-12-13-14-15-16-17-18-19-20-21-22-23-24-25-26-32-38-43(48)51-40(34-29-6-4-2)35-30-27-28-31-37-42(47)46-41(44(49)50)36-33-39-45/h29,34,40-41H,3-28,30-33,35-39,45H2,1-2H3,(H,46,47)(H,49,50)/b34-29-. The molecule has 7 heteroatoms. The molecule has 0 aromatic carbocycles. The molecule has 0 aromatic rings. The summed E-state index contributed by atoms with van der Waals surface area (Å²) in [5.41, 5.74) is 5.46. The minimum Gasteiger partial charge on any atom is -0.480 e. The highest BCUT2D eigenvalue weighted by Gasteiger charge is 2.19. The summed E-state index contributed by atoms with van der Waals surface area (Å²) < 4.78 is 5.84. The highest BCUT2D eigenvalue weighted by molar-refractivity contribution is 5.83. The zero-order valence-corrected chi connectivity index (χ0v) is 33.7. The summed E-state index contributed by atoms with van der Waals surface area (Å²) in [4.78, 5) is 36.0. The van der Waals surface area contributed by atoms with Crippen LogP contribution in [0.15, 0.2) is 12.2 Å². The van der Waals surface area contributed by atoms with E-state index in [1.807, 2.05) is 6.08 Å². The van der Waals surface area contributed by atoms with Gasteiger partial charge in [-0.3, -0.25) is 9.59 Å². The third-order valence-electron chi connectivity index (χ3n) is 10.0. The SMILES string of the molecule is CCC/C=C\C(CCCCCCC(=O)NC(CCCN)C(=O)O)OC(=O)CCCCCCCCCCCCCCCCCCCCCCCCC. The number of aliphatic carboxylic acids is 1. The normalized spacial score (nSPS) is 12.7. The van der Waals surface area contributed by atoms with Crippen LogP contribution in [-0.4, -0.2) is 41.6 Å². The fourth-order valence-corrected chi connectivity index (χ4v) is 6.72. The van der Waals surface area contributed by atoms with Crippen molar-refractivity contribution in [3.05, 3.63) is 12.2 Å². The first-order valence-electron chi connectivity index (χ1n) is 22.0. The fourth-order valence-electron chi connectivity index (χ4n) is 6.72. The lowest BCUT2D eigenvalue weighted by molar-refractivity contribution is -0.147. The average molecular weight is 721 g/mol. The summed E-state index contributed by atoms with van der Waals surface area (Å²) in [5.74, 6) is -1.33. The zero-order chi connectivity index (χ0) is 37.5. The van der Waals surface area contributed by atoms with Gasteiger partial charge in [0.15, 0.2) is 0 Å². The van der Waals surface area contributed by atoms with E-state index in [0.29, 0.717) is 38.6 Å². The number of carbonyl (C=O) groups is 3. The third kappa shape index (κ3) is 36.3. The van der Waals surface area contributed by atoms with Gasteiger partial charge in [-0.15, -0.1) is 0 Å². The van der Waals surface area contributed by atoms with Gasteiger partial charge >= 0.3 is 11.9 Å². The Balaban J connectivity index is 3.76. The van der Waals surface area contributed by atoms with Gasteiger partial charge in [0.1, 0.15) is 12.1 Å². The molecule has 0 aliphatic carbocycles. The molecule has 0 fully saturated rings. The maximum Gasteiger partial charge on any atom is 0.326 e. The van der Waals surface area contributed by atoms with Gasteiger partial charge in [-0.1, -0.05) is 180 Å². The molecule has 0 aliphatic heterocycles. The van der Waals surface area contributed by atoms with E-state index in [1.54, 1.807) is 0 Å². The van der Waals surface area contributed by atoms with Crippen molar-refractivity contribution < 1.29 is 24.2 Å². The van der Waals surface area contributed by atoms with Crippen LogP contribution in [0.3, 0.4) is 0 Å². The van der Waals surface area contributed by atoms with E-state index in [-0.39, 0.29) is 18.0 Å². The Kier molecular flexibility index (Phi) is 37.9. The van der Waals surface area contributed by atoms with E-state index in [1.165, 1.54) is 135 Å². The van der Waals surface area contributed by atoms with Crippen molar-refractivity contribution in [2.75, 3.05) is 6.54 Å². The zero-order valence-electron chi connectivity index (χ0n) is 33.7. The molecule has 2 unspecified atom stereocenters. The molecule has 1 amide bonds. The summed E-state index contributed by atoms with van der Waals surface area (Å²) in [6.07, 6.45) is 43.3. The number of carboxylic acids is 1. The van der Waals surface area contributed by atoms with Crippen molar-refractivity contribution in [1.29, 1.82) is 0 Å². The van der Waals surface area contributed by atoms with Crippen molar-refractivity contribution in [3.8, 4) is 0 Å². The average Bonchev–Trinajstić information content (AvgIpc) is 3.11. The molecule has 0 saturated carbocycles. The Hall–Kier alpha value is -1.89. The van der Waals surface area contributed by atoms with Gasteiger partial charge < -0.3 is 20.9 Å². The summed E-state index contributed by atoms with van der Waals surface area (Å²) in [7, 11) is 0. The number of hydrogen-bond donors (Lipinski definition) is 3. The number of unbranched alkanes of at least 4 members (excludes halogenated alkanes) is 26. The summed E-state index contributed by atoms with van der Waals surface area (Å²) in [6.45, 7) is 4.83. The smallest absolute Gasteiger partial charge is 0.326 e. The molecular weight excluding hydrogens is 636 g/mol. The number of amides is 1. The first-order chi connectivity index (χ1) is 24.9. The molecule has 0 bridgehead atoms. The second-order valence-electron chi connectivity index (χ2n) is 15.1. The number of nitrogens with two attached hydrogens (primary N) is 1. The van der Waals surface area contributed by atoms with Crippen LogP contribution in [0.4, 0.5) is 0 Å². The molecular formula is C44H84N2O5. The van der Waals surface area contributed by atoms with Gasteiger partial charge in [-0.05, 0) is 57.6 Å². The first-order valence-corrected chi connectivity index (χ1v) is 22.0. The monoisotopic (exact) mass is 721 g/mol. The second-order valence-corrected chi connectivity index (χ2v) is 15.1. The van der Waals surface area contributed by atoms with E-state index in [2.05, 4.69) is 25.2 Å². The van der Waals surface area contributed by atoms with Crippen LogP contribution in [-0.2, 0) is 19.1 Å². The van der Waals surface area contributed by atoms with E-state index >= 15 is 0 Å². The van der Waals surface area contributed by atoms with Gasteiger partial charge in [0.05, 0.1) is 0 Å². The molecule has 0 spiro atoms. The first kappa shape index (κ1) is 49.1. The predicted molar refractivity (Wildman–Crippen MR) is 216 cm³/mol. The van der Waals surface area contributed by atoms with Gasteiger partial charge in [0.2, 0.25) is 5.91 Å². The Morgan fingerprint density at radius 2 is 1.00 bits per heavy atom. The van der Waals surface area contributed by atoms with Gasteiger partial charge in [0, 0.05) is 12.8 Å². The molecule has 300 valence electrons. The highest BCUT2D eigenvalue weighted by atomic mass is 16.5. The van der Waals surface area contributed by atoms with Crippen LogP contribution in [0.25, 0.3) is 0 Å². The molecule has 0 aliphatic rings. The highest BCUT2D eigenvalue weighted by Crippen LogP contribution is 2.17. The van der Waals surface area contributed by atoms with Gasteiger partial charge in [-0.2, -0.15) is 0 Å². The number of rotatable bonds is 40. The third-order valence-corrected chi connectivity index (χ3v) is 10.0. The van der Waals surface area contributed by atoms with Gasteiger partial charge in [-0.25, -0.2) is 4.79 Å². The van der Waals surface area contributed by atoms with Crippen LogP contribution in [0.5, 0.6) is 0 Å². The van der Waals surface area contributed by atoms with Crippen LogP contribution < -0.4 is 11.1 Å². The van der Waals surface area contributed by atoms with Crippen LogP contribution in [0.2, 0.25) is 0 Å². The van der Waals surface area contributed by atoms with E-state index in [4.69, 9.17) is 10.5 Å². The van der Waals surface area contributed by atoms with Crippen molar-refractivity contribution in [2.24, 2.45) is 5.73 Å². The Morgan fingerprint density at radius 1 is 0.569 bits per heavy atom. The number of esters is 1. The topological polar surface area (TPSA) is 119 Å². The number of carboxylic acid groups (broad SMARTS) is 1. The summed E-state index contributed by atoms with van der Waals surface area (Å²) >= 11 is 0. The fraction of sp³-hybridized carbons (Fsp3) is 0.886. The Labute approximate surface area is 315 Å². The van der Waals surface area contributed by atoms with Crippen molar-refractivity contribution in [3.63, 3.8) is 0 Å². The minimum atomic E-state index is -1.01. The lowest BCUT2D eigenvalue weighted by Gasteiger charge is -2.15. The largest absolute Gasteiger partial charge is 0.480 e. The maximum atomic E-state index is 12.6. The van der Waals surface area contributed by atoms with Crippen molar-refractivity contribution in [1.82, 2.24) is 5.32 Å². The van der Waals surface area contributed by atoms with E-state index < -0.39 is 12.0 Å². The molecule has 0 rings (SSSR count). The summed E-state index contributed by atoms with van der Waals surface area (Å²) in [5, 5.41) is 11.9. The van der Waals surface area contributed by atoms with Crippen LogP contribution >= 0.6 is 0 Å². The summed E-state index contributed by atoms with van der Waals surface area (Å²) in [6, 6.07) is -0.866. The maximum absolute atomic E-state index is 12.6. The van der Waals surface area contributed by atoms with Crippen LogP contribution in [0.1, 0.15) is 232 Å². The molecule has 0 radical (unpaired) electrons. The van der Waals surface area contributed by atoms with Crippen molar-refractivity contribution in [2.45, 2.75) is 244 Å². The number of hydrogen-bond acceptors (Lipinski definition) is 5. The molecule has 0 saturated heterocycles. The Bertz CT molecular complexity index is 817. The predicted octanol–water partition coefficient (Wildman–Crippen LogP) is 12.3. The lowest BCUT2D eigenvalue weighted by Crippen LogP contribution is -2.40. The van der Waals surface area contributed by atoms with E-state index in [9.17, 15) is 19.5 Å². The number of nitrogens with one attached hydrogen (secondary N) is 1. The van der Waals surface area contributed by atoms with Gasteiger partial charge in [0.25, 0.3) is 0 Å². The molecule has 4 N–H and O–H groups in total. The molecule has 2 atom stereocenters. The number of allylic oxidation sites excluding steroid dienone is 1. The number of ether oxygens (including phenoxy) is 1.